The minimum absolute atomic E-state index is 0.111. The van der Waals surface area contributed by atoms with Gasteiger partial charge in [0.2, 0.25) is 11.7 Å². The van der Waals surface area contributed by atoms with Gasteiger partial charge >= 0.3 is 0 Å². The number of fused-ring (bicyclic) bond motifs is 1. The second-order valence-corrected chi connectivity index (χ2v) is 7.87. The van der Waals surface area contributed by atoms with Crippen LogP contribution in [0.3, 0.4) is 0 Å². The van der Waals surface area contributed by atoms with Crippen molar-refractivity contribution in [3.8, 4) is 28.7 Å². The topological polar surface area (TPSA) is 66.5 Å². The van der Waals surface area contributed by atoms with Crippen LogP contribution in [0.25, 0.3) is 11.8 Å². The lowest BCUT2D eigenvalue weighted by atomic mass is 9.93. The van der Waals surface area contributed by atoms with E-state index in [4.69, 9.17) is 23.7 Å². The summed E-state index contributed by atoms with van der Waals surface area (Å²) in [6.07, 6.45) is 4.65. The zero-order chi connectivity index (χ0) is 22.8. The van der Waals surface area contributed by atoms with Crippen molar-refractivity contribution >= 4 is 17.7 Å². The second-order valence-electron chi connectivity index (χ2n) is 7.87. The molecule has 32 heavy (non-hydrogen) atoms. The van der Waals surface area contributed by atoms with Crippen LogP contribution < -0.4 is 23.7 Å². The monoisotopic (exact) mass is 439 g/mol. The second kappa shape index (κ2) is 9.02. The highest BCUT2D eigenvalue weighted by molar-refractivity contribution is 5.96. The van der Waals surface area contributed by atoms with Crippen molar-refractivity contribution in [2.75, 3.05) is 42.1 Å². The fraction of sp³-hybridized carbons (Fsp3) is 0.400. The molecule has 0 atom stereocenters. The molecular formula is C25H29NO6. The van der Waals surface area contributed by atoms with E-state index in [1.54, 1.807) is 35.5 Å². The van der Waals surface area contributed by atoms with E-state index in [1.807, 2.05) is 35.2 Å². The number of carbonyl (C=O) groups is 1. The van der Waals surface area contributed by atoms with Crippen LogP contribution in [0.2, 0.25) is 0 Å². The molecule has 1 saturated carbocycles. The molecule has 7 heteroatoms. The van der Waals surface area contributed by atoms with Gasteiger partial charge < -0.3 is 28.6 Å². The van der Waals surface area contributed by atoms with Crippen LogP contribution in [0, 0.1) is 5.92 Å². The Morgan fingerprint density at radius 1 is 0.844 bits per heavy atom. The highest BCUT2D eigenvalue weighted by Gasteiger charge is 2.37. The smallest absolute Gasteiger partial charge is 0.230 e. The summed E-state index contributed by atoms with van der Waals surface area (Å²) in [5, 5.41) is 0. The maximum absolute atomic E-state index is 13.2. The number of methoxy groups -OCH3 is 5. The molecule has 0 aromatic heterocycles. The molecule has 170 valence electrons. The Bertz CT molecular complexity index is 1030. The molecule has 4 rings (SSSR count). The zero-order valence-electron chi connectivity index (χ0n) is 19.2. The Balaban J connectivity index is 1.88. The van der Waals surface area contributed by atoms with Crippen LogP contribution in [-0.2, 0) is 11.2 Å². The predicted molar refractivity (Wildman–Crippen MR) is 122 cm³/mol. The summed E-state index contributed by atoms with van der Waals surface area (Å²) in [5.41, 5.74) is 3.74. The Labute approximate surface area is 188 Å². The van der Waals surface area contributed by atoms with Gasteiger partial charge in [0.05, 0.1) is 41.2 Å². The van der Waals surface area contributed by atoms with Gasteiger partial charge in [-0.05, 0) is 60.7 Å². The van der Waals surface area contributed by atoms with Gasteiger partial charge in [0.25, 0.3) is 0 Å². The van der Waals surface area contributed by atoms with Crippen LogP contribution in [0.1, 0.15) is 29.5 Å². The number of ether oxygens (including phenoxy) is 5. The van der Waals surface area contributed by atoms with Crippen molar-refractivity contribution in [2.24, 2.45) is 5.92 Å². The van der Waals surface area contributed by atoms with Crippen LogP contribution in [-0.4, -0.2) is 52.9 Å². The Morgan fingerprint density at radius 2 is 1.44 bits per heavy atom. The minimum Gasteiger partial charge on any atom is -0.493 e. The fourth-order valence-electron chi connectivity index (χ4n) is 4.14. The first kappa shape index (κ1) is 21.9. The average Bonchev–Trinajstić information content (AvgIpc) is 3.67. The molecule has 2 aliphatic rings. The van der Waals surface area contributed by atoms with Crippen molar-refractivity contribution in [1.29, 1.82) is 0 Å². The van der Waals surface area contributed by atoms with Gasteiger partial charge in [-0.3, -0.25) is 4.79 Å². The number of hydrogen-bond acceptors (Lipinski definition) is 6. The van der Waals surface area contributed by atoms with Crippen molar-refractivity contribution in [1.82, 2.24) is 4.90 Å². The molecule has 0 spiro atoms. The van der Waals surface area contributed by atoms with E-state index in [0.29, 0.717) is 35.3 Å². The lowest BCUT2D eigenvalue weighted by molar-refractivity contribution is -0.129. The molecule has 1 aliphatic carbocycles. The molecule has 2 aromatic carbocycles. The van der Waals surface area contributed by atoms with Gasteiger partial charge in [0, 0.05) is 18.0 Å². The number of hydrogen-bond donors (Lipinski definition) is 0. The lowest BCUT2D eigenvalue weighted by Crippen LogP contribution is -2.36. The maximum Gasteiger partial charge on any atom is 0.230 e. The molecule has 1 amide bonds. The van der Waals surface area contributed by atoms with E-state index in [-0.39, 0.29) is 11.8 Å². The van der Waals surface area contributed by atoms with Gasteiger partial charge in [0.15, 0.2) is 23.0 Å². The molecule has 0 N–H and O–H groups in total. The highest BCUT2D eigenvalue weighted by atomic mass is 16.5. The first-order valence-electron chi connectivity index (χ1n) is 10.6. The molecule has 0 radical (unpaired) electrons. The number of rotatable bonds is 7. The van der Waals surface area contributed by atoms with E-state index < -0.39 is 0 Å². The Hall–Kier alpha value is -3.35. The lowest BCUT2D eigenvalue weighted by Gasteiger charge is -2.32. The summed E-state index contributed by atoms with van der Waals surface area (Å²) in [7, 11) is 7.99. The fourth-order valence-corrected chi connectivity index (χ4v) is 4.14. The molecule has 1 fully saturated rings. The SMILES string of the molecule is COc1cc2c(cc1OC)C(=Cc1cc(OC)c(OC)c(OC)c1)N(C(=O)C1CC1)CC2. The first-order valence-corrected chi connectivity index (χ1v) is 10.6. The Kier molecular flexibility index (Phi) is 6.17. The minimum atomic E-state index is 0.111. The summed E-state index contributed by atoms with van der Waals surface area (Å²) in [6, 6.07) is 7.70. The van der Waals surface area contributed by atoms with Crippen LogP contribution in [0.15, 0.2) is 24.3 Å². The van der Waals surface area contributed by atoms with E-state index in [2.05, 4.69) is 0 Å². The maximum atomic E-state index is 13.2. The van der Waals surface area contributed by atoms with Crippen molar-refractivity contribution in [2.45, 2.75) is 19.3 Å². The van der Waals surface area contributed by atoms with Gasteiger partial charge in [-0.1, -0.05) is 0 Å². The molecule has 0 unspecified atom stereocenters. The van der Waals surface area contributed by atoms with Crippen molar-refractivity contribution in [3.63, 3.8) is 0 Å². The van der Waals surface area contributed by atoms with Gasteiger partial charge in [-0.15, -0.1) is 0 Å². The number of benzene rings is 2. The van der Waals surface area contributed by atoms with Gasteiger partial charge in [-0.25, -0.2) is 0 Å². The van der Waals surface area contributed by atoms with E-state index in [9.17, 15) is 4.79 Å². The molecule has 1 heterocycles. The molecule has 0 saturated heterocycles. The van der Waals surface area contributed by atoms with E-state index >= 15 is 0 Å². The summed E-state index contributed by atoms with van der Waals surface area (Å²) >= 11 is 0. The molecular weight excluding hydrogens is 410 g/mol. The number of amides is 1. The first-order chi connectivity index (χ1) is 15.5. The highest BCUT2D eigenvalue weighted by Crippen LogP contribution is 2.43. The number of carbonyl (C=O) groups excluding carboxylic acids is 1. The van der Waals surface area contributed by atoms with Gasteiger partial charge in [-0.2, -0.15) is 0 Å². The molecule has 2 aromatic rings. The van der Waals surface area contributed by atoms with Gasteiger partial charge in [0.1, 0.15) is 0 Å². The standard InChI is InChI=1S/C25H29NO6/c1-28-20-13-17-8-9-26(25(27)16-6-7-16)19(18(17)14-21(20)29-2)10-15-11-22(30-3)24(32-5)23(12-15)31-4/h10-14,16H,6-9H2,1-5H3. The summed E-state index contributed by atoms with van der Waals surface area (Å²) in [4.78, 5) is 15.1. The third kappa shape index (κ3) is 3.95. The summed E-state index contributed by atoms with van der Waals surface area (Å²) in [5.74, 6) is 3.23. The normalized spacial score (nSPS) is 16.4. The quantitative estimate of drug-likeness (QED) is 0.649. The largest absolute Gasteiger partial charge is 0.493 e. The number of nitrogens with zero attached hydrogens (tertiary/aromatic N) is 1. The molecule has 1 aliphatic heterocycles. The van der Waals surface area contributed by atoms with Crippen LogP contribution >= 0.6 is 0 Å². The summed E-state index contributed by atoms with van der Waals surface area (Å²) < 4.78 is 27.5. The summed E-state index contributed by atoms with van der Waals surface area (Å²) in [6.45, 7) is 0.619. The zero-order valence-corrected chi connectivity index (χ0v) is 19.2. The van der Waals surface area contributed by atoms with E-state index in [1.165, 1.54) is 0 Å². The third-order valence-electron chi connectivity index (χ3n) is 5.96. The predicted octanol–water partition coefficient (Wildman–Crippen LogP) is 4.02. The Morgan fingerprint density at radius 3 is 1.97 bits per heavy atom. The van der Waals surface area contributed by atoms with Crippen LogP contribution in [0.5, 0.6) is 28.7 Å². The molecule has 7 nitrogen and oxygen atoms in total. The third-order valence-corrected chi connectivity index (χ3v) is 5.96. The average molecular weight is 440 g/mol. The van der Waals surface area contributed by atoms with Crippen molar-refractivity contribution < 1.29 is 28.5 Å². The molecule has 0 bridgehead atoms. The van der Waals surface area contributed by atoms with Crippen molar-refractivity contribution in [3.05, 3.63) is 41.0 Å². The van der Waals surface area contributed by atoms with E-state index in [0.717, 1.165) is 41.6 Å². The van der Waals surface area contributed by atoms with Crippen LogP contribution in [0.4, 0.5) is 0 Å².